The largest absolute Gasteiger partial charge is 0.480 e. The summed E-state index contributed by atoms with van der Waals surface area (Å²) < 4.78 is 0. The molecule has 86 valence electrons. The van der Waals surface area contributed by atoms with E-state index in [4.69, 9.17) is 10.2 Å². The molecule has 0 aliphatic heterocycles. The lowest BCUT2D eigenvalue weighted by Crippen LogP contribution is -2.42. The Morgan fingerprint density at radius 3 is 2.47 bits per heavy atom. The zero-order chi connectivity index (χ0) is 11.3. The highest BCUT2D eigenvalue weighted by molar-refractivity contribution is 5.83. The summed E-state index contributed by atoms with van der Waals surface area (Å²) in [7, 11) is 0. The van der Waals surface area contributed by atoms with Gasteiger partial charge in [0.25, 0.3) is 0 Å². The fourth-order valence-corrected chi connectivity index (χ4v) is 1.60. The highest BCUT2D eigenvalue weighted by Crippen LogP contribution is 2.29. The van der Waals surface area contributed by atoms with E-state index in [1.807, 2.05) is 0 Å². The Morgan fingerprint density at radius 1 is 1.40 bits per heavy atom. The van der Waals surface area contributed by atoms with E-state index in [1.54, 1.807) is 0 Å². The van der Waals surface area contributed by atoms with Crippen LogP contribution in [0.25, 0.3) is 0 Å². The summed E-state index contributed by atoms with van der Waals surface area (Å²) in [5.74, 6) is -0.889. The Balaban J connectivity index is 2.28. The van der Waals surface area contributed by atoms with Crippen LogP contribution in [0.2, 0.25) is 0 Å². The fourth-order valence-electron chi connectivity index (χ4n) is 1.60. The van der Waals surface area contributed by atoms with Gasteiger partial charge in [0.05, 0.1) is 0 Å². The smallest absolute Gasteiger partial charge is 0.326 e. The molecule has 5 nitrogen and oxygen atoms in total. The third kappa shape index (κ3) is 3.87. The molecule has 1 amide bonds. The number of carbonyl (C=O) groups is 2. The maximum atomic E-state index is 11.4. The molecule has 1 rings (SSSR count). The van der Waals surface area contributed by atoms with Crippen molar-refractivity contribution < 1.29 is 19.8 Å². The van der Waals surface area contributed by atoms with Crippen LogP contribution in [0.5, 0.6) is 0 Å². The molecule has 15 heavy (non-hydrogen) atoms. The van der Waals surface area contributed by atoms with E-state index in [-0.39, 0.29) is 18.9 Å². The number of nitrogens with one attached hydrogen (secondary N) is 1. The maximum absolute atomic E-state index is 11.4. The number of amides is 1. The van der Waals surface area contributed by atoms with Crippen molar-refractivity contribution in [3.8, 4) is 0 Å². The number of hydrogen-bond donors (Lipinski definition) is 3. The van der Waals surface area contributed by atoms with Gasteiger partial charge in [0.1, 0.15) is 6.04 Å². The van der Waals surface area contributed by atoms with Crippen molar-refractivity contribution in [2.24, 2.45) is 5.92 Å². The van der Waals surface area contributed by atoms with E-state index in [1.165, 1.54) is 0 Å². The minimum Gasteiger partial charge on any atom is -0.480 e. The summed E-state index contributed by atoms with van der Waals surface area (Å²) in [5.41, 5.74) is 0. The second-order valence-corrected chi connectivity index (χ2v) is 3.97. The second-order valence-electron chi connectivity index (χ2n) is 3.97. The summed E-state index contributed by atoms with van der Waals surface area (Å²) in [6, 6.07) is -0.956. The Bertz CT molecular complexity index is 238. The highest BCUT2D eigenvalue weighted by atomic mass is 16.4. The third-order valence-electron chi connectivity index (χ3n) is 2.75. The summed E-state index contributed by atoms with van der Waals surface area (Å²) in [4.78, 5) is 22.0. The van der Waals surface area contributed by atoms with Crippen LogP contribution < -0.4 is 5.32 Å². The zero-order valence-electron chi connectivity index (χ0n) is 8.61. The third-order valence-corrected chi connectivity index (χ3v) is 2.75. The molecular formula is C10H17NO4. The van der Waals surface area contributed by atoms with Crippen molar-refractivity contribution in [1.29, 1.82) is 0 Å². The topological polar surface area (TPSA) is 86.6 Å². The van der Waals surface area contributed by atoms with Gasteiger partial charge >= 0.3 is 5.97 Å². The summed E-state index contributed by atoms with van der Waals surface area (Å²) in [5, 5.41) is 19.8. The van der Waals surface area contributed by atoms with Crippen LogP contribution in [0.15, 0.2) is 0 Å². The Kier molecular flexibility index (Phi) is 4.55. The van der Waals surface area contributed by atoms with Crippen molar-refractivity contribution >= 4 is 11.9 Å². The van der Waals surface area contributed by atoms with Crippen molar-refractivity contribution in [1.82, 2.24) is 5.32 Å². The van der Waals surface area contributed by atoms with E-state index in [2.05, 4.69) is 5.32 Å². The number of aliphatic hydroxyl groups is 1. The lowest BCUT2D eigenvalue weighted by molar-refractivity contribution is -0.142. The number of carboxylic acid groups (broad SMARTS) is 1. The molecule has 1 saturated carbocycles. The molecule has 5 heteroatoms. The molecule has 0 bridgehead atoms. The Labute approximate surface area is 88.5 Å². The van der Waals surface area contributed by atoms with Crippen LogP contribution in [0.4, 0.5) is 0 Å². The molecule has 1 aliphatic rings. The fraction of sp³-hybridized carbons (Fsp3) is 0.800. The van der Waals surface area contributed by atoms with Gasteiger partial charge in [-0.1, -0.05) is 6.42 Å². The summed E-state index contributed by atoms with van der Waals surface area (Å²) in [6.07, 6.45) is 3.76. The molecule has 0 saturated heterocycles. The van der Waals surface area contributed by atoms with Crippen LogP contribution in [0, 0.1) is 5.92 Å². The SMILES string of the molecule is O=C(CC1CCC1)N[C@H](CCO)C(=O)O. The molecule has 3 N–H and O–H groups in total. The molecule has 1 atom stereocenters. The van der Waals surface area contributed by atoms with Crippen LogP contribution in [-0.2, 0) is 9.59 Å². The minimum absolute atomic E-state index is 0.0613. The molecule has 0 aromatic carbocycles. The molecule has 0 aromatic rings. The Morgan fingerprint density at radius 2 is 2.07 bits per heavy atom. The van der Waals surface area contributed by atoms with Crippen LogP contribution in [0.3, 0.4) is 0 Å². The van der Waals surface area contributed by atoms with Gasteiger partial charge in [-0.3, -0.25) is 4.79 Å². The summed E-state index contributed by atoms with van der Waals surface area (Å²) in [6.45, 7) is -0.235. The van der Waals surface area contributed by atoms with Gasteiger partial charge in [0.2, 0.25) is 5.91 Å². The van der Waals surface area contributed by atoms with Gasteiger partial charge in [0.15, 0.2) is 0 Å². The standard InChI is InChI=1S/C10H17NO4/c12-5-4-8(10(14)15)11-9(13)6-7-2-1-3-7/h7-8,12H,1-6H2,(H,11,13)(H,14,15)/t8-/m1/s1. The molecule has 1 fully saturated rings. The molecule has 0 radical (unpaired) electrons. The quantitative estimate of drug-likeness (QED) is 0.587. The van der Waals surface area contributed by atoms with Crippen LogP contribution in [0.1, 0.15) is 32.1 Å². The molecule has 1 aliphatic carbocycles. The number of carboxylic acids is 1. The number of aliphatic hydroxyl groups excluding tert-OH is 1. The van der Waals surface area contributed by atoms with Crippen molar-refractivity contribution in [2.45, 2.75) is 38.1 Å². The van der Waals surface area contributed by atoms with Gasteiger partial charge in [-0.2, -0.15) is 0 Å². The molecule has 0 unspecified atom stereocenters. The average Bonchev–Trinajstić information content (AvgIpc) is 2.10. The maximum Gasteiger partial charge on any atom is 0.326 e. The number of carbonyl (C=O) groups excluding carboxylic acids is 1. The highest BCUT2D eigenvalue weighted by Gasteiger charge is 2.24. The molecule has 0 heterocycles. The van der Waals surface area contributed by atoms with Gasteiger partial charge < -0.3 is 15.5 Å². The van der Waals surface area contributed by atoms with Crippen molar-refractivity contribution in [2.75, 3.05) is 6.61 Å². The first-order chi connectivity index (χ1) is 7.13. The molecular weight excluding hydrogens is 198 g/mol. The zero-order valence-corrected chi connectivity index (χ0v) is 8.61. The first-order valence-electron chi connectivity index (χ1n) is 5.26. The van der Waals surface area contributed by atoms with E-state index >= 15 is 0 Å². The second kappa shape index (κ2) is 5.70. The minimum atomic E-state index is -1.09. The van der Waals surface area contributed by atoms with Gasteiger partial charge in [0, 0.05) is 19.4 Å². The Hall–Kier alpha value is -1.10. The number of hydrogen-bond acceptors (Lipinski definition) is 3. The van der Waals surface area contributed by atoms with Crippen LogP contribution in [-0.4, -0.2) is 34.7 Å². The number of rotatable bonds is 6. The molecule has 0 spiro atoms. The summed E-state index contributed by atoms with van der Waals surface area (Å²) >= 11 is 0. The normalized spacial score (nSPS) is 17.9. The van der Waals surface area contributed by atoms with Gasteiger partial charge in [-0.15, -0.1) is 0 Å². The number of aliphatic carboxylic acids is 1. The molecule has 0 aromatic heterocycles. The van der Waals surface area contributed by atoms with Gasteiger partial charge in [-0.25, -0.2) is 4.79 Å². The van der Waals surface area contributed by atoms with E-state index in [9.17, 15) is 9.59 Å². The van der Waals surface area contributed by atoms with Crippen molar-refractivity contribution in [3.05, 3.63) is 0 Å². The first kappa shape index (κ1) is 12.0. The predicted molar refractivity (Wildman–Crippen MR) is 53.2 cm³/mol. The van der Waals surface area contributed by atoms with Gasteiger partial charge in [-0.05, 0) is 18.8 Å². The van der Waals surface area contributed by atoms with E-state index in [0.717, 1.165) is 19.3 Å². The van der Waals surface area contributed by atoms with Crippen LogP contribution >= 0.6 is 0 Å². The monoisotopic (exact) mass is 215 g/mol. The van der Waals surface area contributed by atoms with E-state index in [0.29, 0.717) is 12.3 Å². The first-order valence-corrected chi connectivity index (χ1v) is 5.26. The van der Waals surface area contributed by atoms with E-state index < -0.39 is 12.0 Å². The van der Waals surface area contributed by atoms with Crippen molar-refractivity contribution in [3.63, 3.8) is 0 Å². The lowest BCUT2D eigenvalue weighted by atomic mass is 9.83. The predicted octanol–water partition coefficient (Wildman–Crippen LogP) is 0.128. The average molecular weight is 215 g/mol. The lowest BCUT2D eigenvalue weighted by Gasteiger charge is -2.25.